The first-order valence-electron chi connectivity index (χ1n) is 5.55. The van der Waals surface area contributed by atoms with E-state index in [1.54, 1.807) is 0 Å². The molecule has 0 saturated carbocycles. The Bertz CT molecular complexity index is 223. The Morgan fingerprint density at radius 3 is 2.47 bits per heavy atom. The minimum absolute atomic E-state index is 0.107. The van der Waals surface area contributed by atoms with Crippen molar-refractivity contribution in [2.75, 3.05) is 6.61 Å². The molecule has 0 radical (unpaired) electrons. The molecule has 0 unspecified atom stereocenters. The lowest BCUT2D eigenvalue weighted by molar-refractivity contribution is 0.327. The third-order valence-electron chi connectivity index (χ3n) is 2.42. The van der Waals surface area contributed by atoms with Gasteiger partial charge in [0.05, 0.1) is 6.61 Å². The molecule has 0 atom stereocenters. The maximum Gasteiger partial charge on any atom is 0.0639 e. The first-order valence-corrected chi connectivity index (χ1v) is 5.55. The third-order valence-corrected chi connectivity index (χ3v) is 2.42. The molecule has 0 bridgehead atoms. The van der Waals surface area contributed by atoms with Crippen molar-refractivity contribution in [2.45, 2.75) is 39.5 Å². The van der Waals surface area contributed by atoms with E-state index in [4.69, 9.17) is 5.11 Å². The Kier molecular flexibility index (Phi) is 7.06. The van der Waals surface area contributed by atoms with Crippen LogP contribution in [-0.2, 0) is 0 Å². The highest BCUT2D eigenvalue weighted by Crippen LogP contribution is 2.25. The molecular formula is C14H24O. The van der Waals surface area contributed by atoms with Crippen LogP contribution in [0.15, 0.2) is 37.0 Å². The van der Waals surface area contributed by atoms with Gasteiger partial charge in [-0.3, -0.25) is 0 Å². The lowest BCUT2D eigenvalue weighted by Gasteiger charge is -2.20. The van der Waals surface area contributed by atoms with Gasteiger partial charge in [-0.2, -0.15) is 0 Å². The smallest absolute Gasteiger partial charge is 0.0639 e. The average molecular weight is 208 g/mol. The van der Waals surface area contributed by atoms with Crippen LogP contribution >= 0.6 is 0 Å². The lowest BCUT2D eigenvalue weighted by Crippen LogP contribution is -2.07. The van der Waals surface area contributed by atoms with Crippen molar-refractivity contribution in [1.29, 1.82) is 0 Å². The Hall–Kier alpha value is -0.820. The third kappa shape index (κ3) is 8.19. The molecule has 0 spiro atoms. The van der Waals surface area contributed by atoms with E-state index in [1.165, 1.54) is 0 Å². The predicted molar refractivity (Wildman–Crippen MR) is 67.8 cm³/mol. The van der Waals surface area contributed by atoms with Crippen molar-refractivity contribution in [1.82, 2.24) is 0 Å². The lowest BCUT2D eigenvalue weighted by atomic mass is 9.85. The summed E-state index contributed by atoms with van der Waals surface area (Å²) >= 11 is 0. The minimum Gasteiger partial charge on any atom is -0.392 e. The molecule has 1 N–H and O–H groups in total. The summed E-state index contributed by atoms with van der Waals surface area (Å²) < 4.78 is 0. The van der Waals surface area contributed by atoms with Crippen LogP contribution in [0.3, 0.4) is 0 Å². The number of allylic oxidation sites excluding steroid dienone is 3. The zero-order valence-corrected chi connectivity index (χ0v) is 10.1. The molecule has 0 aliphatic carbocycles. The monoisotopic (exact) mass is 208 g/mol. The zero-order valence-electron chi connectivity index (χ0n) is 10.1. The molecular weight excluding hydrogens is 184 g/mol. The van der Waals surface area contributed by atoms with Crippen molar-refractivity contribution >= 4 is 0 Å². The first kappa shape index (κ1) is 14.2. The molecule has 86 valence electrons. The van der Waals surface area contributed by atoms with Crippen molar-refractivity contribution < 1.29 is 5.11 Å². The standard InChI is InChI=1S/C14H24O/c1-5-10-14(3,4)11-8-6-7-9-13(2)12-15/h5-6,8,15H,1-2,7,9-12H2,3-4H3/b8-6+. The van der Waals surface area contributed by atoms with Crippen LogP contribution in [-0.4, -0.2) is 11.7 Å². The van der Waals surface area contributed by atoms with E-state index < -0.39 is 0 Å². The van der Waals surface area contributed by atoms with Gasteiger partial charge in [0, 0.05) is 0 Å². The molecule has 0 aliphatic rings. The van der Waals surface area contributed by atoms with Crippen LogP contribution in [0.5, 0.6) is 0 Å². The van der Waals surface area contributed by atoms with Gasteiger partial charge in [-0.15, -0.1) is 6.58 Å². The molecule has 0 aromatic carbocycles. The van der Waals surface area contributed by atoms with Crippen LogP contribution in [0.2, 0.25) is 0 Å². The van der Waals surface area contributed by atoms with Gasteiger partial charge in [-0.05, 0) is 31.1 Å². The second-order valence-electron chi connectivity index (χ2n) is 4.78. The zero-order chi connectivity index (χ0) is 11.7. The first-order chi connectivity index (χ1) is 7.02. The summed E-state index contributed by atoms with van der Waals surface area (Å²) in [6, 6.07) is 0. The summed E-state index contributed by atoms with van der Waals surface area (Å²) in [5, 5.41) is 8.76. The van der Waals surface area contributed by atoms with E-state index in [2.05, 4.69) is 39.2 Å². The highest BCUT2D eigenvalue weighted by molar-refractivity contribution is 4.97. The molecule has 0 aromatic heterocycles. The van der Waals surface area contributed by atoms with E-state index in [1.807, 2.05) is 6.08 Å². The number of aliphatic hydroxyl groups excluding tert-OH is 1. The topological polar surface area (TPSA) is 20.2 Å². The minimum atomic E-state index is 0.107. The molecule has 1 heteroatoms. The fourth-order valence-electron chi connectivity index (χ4n) is 1.36. The molecule has 0 aliphatic heterocycles. The van der Waals surface area contributed by atoms with Gasteiger partial charge in [-0.1, -0.05) is 44.2 Å². The fourth-order valence-corrected chi connectivity index (χ4v) is 1.36. The second-order valence-corrected chi connectivity index (χ2v) is 4.78. The summed E-state index contributed by atoms with van der Waals surface area (Å²) in [5.41, 5.74) is 1.22. The largest absolute Gasteiger partial charge is 0.392 e. The van der Waals surface area contributed by atoms with Gasteiger partial charge in [0.2, 0.25) is 0 Å². The fraction of sp³-hybridized carbons (Fsp3) is 0.571. The van der Waals surface area contributed by atoms with Crippen molar-refractivity contribution in [3.8, 4) is 0 Å². The Labute approximate surface area is 94.2 Å². The molecule has 0 fully saturated rings. The van der Waals surface area contributed by atoms with Crippen LogP contribution in [0, 0.1) is 5.41 Å². The number of rotatable bonds is 8. The summed E-state index contributed by atoms with van der Waals surface area (Å²) in [7, 11) is 0. The van der Waals surface area contributed by atoms with Crippen molar-refractivity contribution in [3.63, 3.8) is 0 Å². The van der Waals surface area contributed by atoms with Crippen LogP contribution in [0.4, 0.5) is 0 Å². The van der Waals surface area contributed by atoms with Crippen LogP contribution < -0.4 is 0 Å². The van der Waals surface area contributed by atoms with Crippen LogP contribution in [0.1, 0.15) is 39.5 Å². The maximum atomic E-state index is 8.76. The van der Waals surface area contributed by atoms with Crippen molar-refractivity contribution in [3.05, 3.63) is 37.0 Å². The van der Waals surface area contributed by atoms with Gasteiger partial charge in [-0.25, -0.2) is 0 Å². The van der Waals surface area contributed by atoms with Crippen LogP contribution in [0.25, 0.3) is 0 Å². The van der Waals surface area contributed by atoms with E-state index in [-0.39, 0.29) is 6.61 Å². The van der Waals surface area contributed by atoms with Crippen molar-refractivity contribution in [2.24, 2.45) is 5.41 Å². The summed E-state index contributed by atoms with van der Waals surface area (Å²) in [6.07, 6.45) is 10.3. The molecule has 0 aromatic rings. The Morgan fingerprint density at radius 1 is 1.27 bits per heavy atom. The molecule has 0 amide bonds. The number of aliphatic hydroxyl groups is 1. The molecule has 0 saturated heterocycles. The highest BCUT2D eigenvalue weighted by atomic mass is 16.3. The highest BCUT2D eigenvalue weighted by Gasteiger charge is 2.12. The Balaban J connectivity index is 3.70. The number of hydrogen-bond acceptors (Lipinski definition) is 1. The average Bonchev–Trinajstić information content (AvgIpc) is 2.16. The summed E-state index contributed by atoms with van der Waals surface area (Å²) in [4.78, 5) is 0. The van der Waals surface area contributed by atoms with Gasteiger partial charge in [0.25, 0.3) is 0 Å². The SMILES string of the molecule is C=CCC(C)(C)C/C=C/CCC(=C)CO. The summed E-state index contributed by atoms with van der Waals surface area (Å²) in [5.74, 6) is 0. The van der Waals surface area contributed by atoms with E-state index in [9.17, 15) is 0 Å². The van der Waals surface area contributed by atoms with E-state index >= 15 is 0 Å². The van der Waals surface area contributed by atoms with Gasteiger partial charge < -0.3 is 5.11 Å². The van der Waals surface area contributed by atoms with E-state index in [0.717, 1.165) is 31.3 Å². The van der Waals surface area contributed by atoms with Gasteiger partial charge >= 0.3 is 0 Å². The number of hydrogen-bond donors (Lipinski definition) is 1. The van der Waals surface area contributed by atoms with Gasteiger partial charge in [0.1, 0.15) is 0 Å². The molecule has 0 rings (SSSR count). The van der Waals surface area contributed by atoms with E-state index in [0.29, 0.717) is 5.41 Å². The Morgan fingerprint density at radius 2 is 1.93 bits per heavy atom. The summed E-state index contributed by atoms with van der Waals surface area (Å²) in [6.45, 7) is 12.1. The molecule has 0 heterocycles. The predicted octanol–water partition coefficient (Wildman–Crippen LogP) is 3.86. The quantitative estimate of drug-likeness (QED) is 0.600. The molecule has 15 heavy (non-hydrogen) atoms. The molecule has 1 nitrogen and oxygen atoms in total. The second kappa shape index (κ2) is 7.47. The van der Waals surface area contributed by atoms with Gasteiger partial charge in [0.15, 0.2) is 0 Å². The maximum absolute atomic E-state index is 8.76. The normalized spacial score (nSPS) is 11.9.